The first kappa shape index (κ1) is 8.44. The minimum atomic E-state index is -0.674. The first-order valence-corrected chi connectivity index (χ1v) is 3.36. The molecule has 0 radical (unpaired) electrons. The number of anilines is 1. The molecule has 0 aliphatic heterocycles. The van der Waals surface area contributed by atoms with Gasteiger partial charge in [-0.05, 0) is 24.3 Å². The van der Waals surface area contributed by atoms with Gasteiger partial charge >= 0.3 is 6.09 Å². The number of nitrogens with two attached hydrogens (primary N) is 1. The Morgan fingerprint density at radius 2 is 2.33 bits per heavy atom. The van der Waals surface area contributed by atoms with Crippen LogP contribution in [0.15, 0.2) is 0 Å². The van der Waals surface area contributed by atoms with Crippen LogP contribution in [0.5, 0.6) is 0 Å². The molecule has 0 fully saturated rings. The predicted molar refractivity (Wildman–Crippen MR) is 39.2 cm³/mol. The summed E-state index contributed by atoms with van der Waals surface area (Å²) in [5.41, 5.74) is 5.24. The van der Waals surface area contributed by atoms with Crippen LogP contribution < -0.4 is 5.73 Å². The van der Waals surface area contributed by atoms with Crippen LogP contribution in [-0.4, -0.2) is 32.4 Å². The molecule has 0 aromatic carbocycles. The molecule has 0 bridgehead atoms. The summed E-state index contributed by atoms with van der Waals surface area (Å²) in [6.45, 7) is 3.44. The normalized spacial score (nSPS) is 10.2. The largest absolute Gasteiger partial charge is 0.445 e. The lowest BCUT2D eigenvalue weighted by molar-refractivity contribution is 0.114. The summed E-state index contributed by atoms with van der Waals surface area (Å²) in [5, 5.41) is 9.84. The third kappa shape index (κ3) is 1.68. The maximum atomic E-state index is 11.1. The second-order valence-electron chi connectivity index (χ2n) is 2.38. The number of nitrogens with zero attached hydrogens (tertiary/aromatic N) is 4. The maximum Gasteiger partial charge on any atom is 0.439 e. The van der Waals surface area contributed by atoms with E-state index in [2.05, 4.69) is 15.5 Å². The van der Waals surface area contributed by atoms with E-state index in [1.54, 1.807) is 13.8 Å². The number of tetrazole rings is 1. The molecular formula is C5H9N5O2. The molecule has 0 saturated carbocycles. The van der Waals surface area contributed by atoms with Crippen molar-refractivity contribution in [3.63, 3.8) is 0 Å². The van der Waals surface area contributed by atoms with Crippen LogP contribution in [0.2, 0.25) is 0 Å². The first-order chi connectivity index (χ1) is 5.61. The van der Waals surface area contributed by atoms with E-state index in [1.807, 2.05) is 0 Å². The molecular weight excluding hydrogens is 162 g/mol. The van der Waals surface area contributed by atoms with Gasteiger partial charge in [-0.3, -0.25) is 0 Å². The molecule has 0 amide bonds. The van der Waals surface area contributed by atoms with Crippen molar-refractivity contribution >= 4 is 12.0 Å². The molecule has 0 aliphatic rings. The van der Waals surface area contributed by atoms with E-state index >= 15 is 0 Å². The molecule has 66 valence electrons. The van der Waals surface area contributed by atoms with Crippen LogP contribution >= 0.6 is 0 Å². The molecule has 0 spiro atoms. The van der Waals surface area contributed by atoms with Crippen molar-refractivity contribution in [1.29, 1.82) is 0 Å². The Balaban J connectivity index is 2.72. The second-order valence-corrected chi connectivity index (χ2v) is 2.38. The van der Waals surface area contributed by atoms with Crippen LogP contribution in [0, 0.1) is 0 Å². The van der Waals surface area contributed by atoms with E-state index in [9.17, 15) is 4.79 Å². The molecule has 7 heteroatoms. The predicted octanol–water partition coefficient (Wildman–Crippen LogP) is -0.352. The second kappa shape index (κ2) is 3.16. The van der Waals surface area contributed by atoms with E-state index in [-0.39, 0.29) is 12.1 Å². The lowest BCUT2D eigenvalue weighted by atomic mass is 10.5. The zero-order valence-corrected chi connectivity index (χ0v) is 6.76. The zero-order valence-electron chi connectivity index (χ0n) is 6.76. The van der Waals surface area contributed by atoms with Crippen molar-refractivity contribution in [2.45, 2.75) is 20.0 Å². The summed E-state index contributed by atoms with van der Waals surface area (Å²) in [6, 6.07) is 0. The fourth-order valence-electron chi connectivity index (χ4n) is 0.576. The first-order valence-electron chi connectivity index (χ1n) is 3.36. The quantitative estimate of drug-likeness (QED) is 0.580. The standard InChI is InChI=1S/C5H9N5O2/c1-3(2)12-5(11)10-4(6)7-8-9-10/h3H,1-2H3,(H2,6,7,9). The molecule has 0 aliphatic carbocycles. The summed E-state index contributed by atoms with van der Waals surface area (Å²) in [5.74, 6) is -0.0827. The molecule has 1 rings (SSSR count). The fraction of sp³-hybridized carbons (Fsp3) is 0.600. The van der Waals surface area contributed by atoms with Crippen LogP contribution in [0.4, 0.5) is 10.7 Å². The smallest absolute Gasteiger partial charge is 0.439 e. The van der Waals surface area contributed by atoms with Crippen molar-refractivity contribution in [3.8, 4) is 0 Å². The van der Waals surface area contributed by atoms with Crippen molar-refractivity contribution < 1.29 is 9.53 Å². The Hall–Kier alpha value is -1.66. The lowest BCUT2D eigenvalue weighted by Gasteiger charge is -2.05. The summed E-state index contributed by atoms with van der Waals surface area (Å²) in [6.07, 6.45) is -0.895. The van der Waals surface area contributed by atoms with Crippen LogP contribution in [0.3, 0.4) is 0 Å². The number of carbonyl (C=O) groups is 1. The molecule has 1 heterocycles. The monoisotopic (exact) mass is 171 g/mol. The van der Waals surface area contributed by atoms with Gasteiger partial charge < -0.3 is 10.5 Å². The van der Waals surface area contributed by atoms with E-state index in [4.69, 9.17) is 10.5 Å². The van der Waals surface area contributed by atoms with Crippen LogP contribution in [0.25, 0.3) is 0 Å². The molecule has 0 saturated heterocycles. The van der Waals surface area contributed by atoms with Crippen LogP contribution in [-0.2, 0) is 4.74 Å². The van der Waals surface area contributed by atoms with Gasteiger partial charge in [0.15, 0.2) is 0 Å². The zero-order chi connectivity index (χ0) is 9.14. The van der Waals surface area contributed by atoms with E-state index in [1.165, 1.54) is 0 Å². The number of hydrogen-bond acceptors (Lipinski definition) is 6. The third-order valence-electron chi connectivity index (χ3n) is 1.00. The average molecular weight is 171 g/mol. The van der Waals surface area contributed by atoms with Gasteiger partial charge in [0, 0.05) is 0 Å². The molecule has 2 N–H and O–H groups in total. The van der Waals surface area contributed by atoms with Gasteiger partial charge in [0.25, 0.3) is 5.95 Å². The number of carbonyl (C=O) groups excluding carboxylic acids is 1. The molecule has 1 aromatic rings. The van der Waals surface area contributed by atoms with E-state index in [0.29, 0.717) is 0 Å². The molecule has 0 unspecified atom stereocenters. The van der Waals surface area contributed by atoms with Crippen molar-refractivity contribution in [2.24, 2.45) is 0 Å². The summed E-state index contributed by atoms with van der Waals surface area (Å²) in [7, 11) is 0. The van der Waals surface area contributed by atoms with Crippen molar-refractivity contribution in [3.05, 3.63) is 0 Å². The Bertz CT molecular complexity index is 281. The Kier molecular flexibility index (Phi) is 2.22. The lowest BCUT2D eigenvalue weighted by Crippen LogP contribution is -2.20. The number of rotatable bonds is 1. The SMILES string of the molecule is CC(C)OC(=O)n1nnnc1N. The Labute approximate surface area is 68.5 Å². The summed E-state index contributed by atoms with van der Waals surface area (Å²) >= 11 is 0. The minimum Gasteiger partial charge on any atom is -0.445 e. The van der Waals surface area contributed by atoms with Crippen molar-refractivity contribution in [1.82, 2.24) is 20.2 Å². The molecule has 1 aromatic heterocycles. The average Bonchev–Trinajstić information content (AvgIpc) is 2.33. The highest BCUT2D eigenvalue weighted by molar-refractivity contribution is 5.71. The van der Waals surface area contributed by atoms with E-state index in [0.717, 1.165) is 4.68 Å². The highest BCUT2D eigenvalue weighted by Crippen LogP contribution is 1.97. The Morgan fingerprint density at radius 3 is 2.75 bits per heavy atom. The van der Waals surface area contributed by atoms with Gasteiger partial charge in [-0.1, -0.05) is 5.10 Å². The maximum absolute atomic E-state index is 11.1. The molecule has 0 atom stereocenters. The fourth-order valence-corrected chi connectivity index (χ4v) is 0.576. The highest BCUT2D eigenvalue weighted by Gasteiger charge is 2.13. The van der Waals surface area contributed by atoms with Gasteiger partial charge in [-0.2, -0.15) is 0 Å². The van der Waals surface area contributed by atoms with Gasteiger partial charge in [0.05, 0.1) is 6.10 Å². The third-order valence-corrected chi connectivity index (χ3v) is 1.00. The van der Waals surface area contributed by atoms with Gasteiger partial charge in [0.2, 0.25) is 0 Å². The van der Waals surface area contributed by atoms with Gasteiger partial charge in [0.1, 0.15) is 0 Å². The summed E-state index contributed by atoms with van der Waals surface area (Å²) < 4.78 is 5.57. The minimum absolute atomic E-state index is 0.0827. The van der Waals surface area contributed by atoms with Crippen LogP contribution in [0.1, 0.15) is 13.8 Å². The number of ether oxygens (including phenoxy) is 1. The highest BCUT2D eigenvalue weighted by atomic mass is 16.6. The number of aromatic nitrogens is 4. The van der Waals surface area contributed by atoms with Gasteiger partial charge in [-0.25, -0.2) is 4.79 Å². The number of nitrogen functional groups attached to an aromatic ring is 1. The van der Waals surface area contributed by atoms with E-state index < -0.39 is 6.09 Å². The van der Waals surface area contributed by atoms with Crippen molar-refractivity contribution in [2.75, 3.05) is 5.73 Å². The Morgan fingerprint density at radius 1 is 1.67 bits per heavy atom. The molecule has 12 heavy (non-hydrogen) atoms. The number of hydrogen-bond donors (Lipinski definition) is 1. The molecule has 7 nitrogen and oxygen atoms in total. The topological polar surface area (TPSA) is 95.9 Å². The van der Waals surface area contributed by atoms with Gasteiger partial charge in [-0.15, -0.1) is 4.68 Å². The summed E-state index contributed by atoms with van der Waals surface area (Å²) in [4.78, 5) is 11.1.